The standard InChI is InChI=1S/C15H22N2O4S.ClH/c1-11-9-13(6-7-14(11)15(18)21-2)22(19,20)17-8-4-3-5-12(17)10-16;/h6-7,9,12H,3-5,8,10,16H2,1-2H3;1H. The summed E-state index contributed by atoms with van der Waals surface area (Å²) in [4.78, 5) is 11.8. The third-order valence-corrected chi connectivity index (χ3v) is 6.00. The molecule has 1 aromatic carbocycles. The average Bonchev–Trinajstić information content (AvgIpc) is 2.53. The van der Waals surface area contributed by atoms with E-state index >= 15 is 0 Å². The van der Waals surface area contributed by atoms with Crippen LogP contribution < -0.4 is 5.73 Å². The number of carbonyl (C=O) groups excluding carboxylic acids is 1. The quantitative estimate of drug-likeness (QED) is 0.823. The van der Waals surface area contributed by atoms with Crippen LogP contribution in [-0.4, -0.2) is 44.9 Å². The van der Waals surface area contributed by atoms with Gasteiger partial charge in [0, 0.05) is 19.1 Å². The molecule has 2 N–H and O–H groups in total. The van der Waals surface area contributed by atoms with Gasteiger partial charge >= 0.3 is 5.97 Å². The van der Waals surface area contributed by atoms with E-state index in [4.69, 9.17) is 5.73 Å². The second-order valence-electron chi connectivity index (χ2n) is 5.47. The van der Waals surface area contributed by atoms with E-state index in [0.717, 1.165) is 19.3 Å². The molecule has 1 saturated heterocycles. The molecule has 0 aliphatic carbocycles. The van der Waals surface area contributed by atoms with Crippen LogP contribution in [0.3, 0.4) is 0 Å². The second-order valence-corrected chi connectivity index (χ2v) is 7.36. The molecule has 130 valence electrons. The number of piperidine rings is 1. The van der Waals surface area contributed by atoms with E-state index in [9.17, 15) is 13.2 Å². The van der Waals surface area contributed by atoms with Crippen molar-refractivity contribution >= 4 is 28.4 Å². The van der Waals surface area contributed by atoms with Crippen LogP contribution in [-0.2, 0) is 14.8 Å². The Hall–Kier alpha value is -1.15. The van der Waals surface area contributed by atoms with Gasteiger partial charge in [-0.1, -0.05) is 6.42 Å². The number of nitrogens with zero attached hydrogens (tertiary/aromatic N) is 1. The van der Waals surface area contributed by atoms with Gasteiger partial charge in [0.25, 0.3) is 0 Å². The molecule has 1 aliphatic rings. The van der Waals surface area contributed by atoms with Crippen molar-refractivity contribution in [1.29, 1.82) is 0 Å². The van der Waals surface area contributed by atoms with Gasteiger partial charge in [0.1, 0.15) is 0 Å². The topological polar surface area (TPSA) is 89.7 Å². The maximum absolute atomic E-state index is 12.8. The summed E-state index contributed by atoms with van der Waals surface area (Å²) in [6.07, 6.45) is 2.62. The molecule has 0 amide bonds. The Kier molecular flexibility index (Phi) is 7.01. The van der Waals surface area contributed by atoms with Gasteiger partial charge in [-0.2, -0.15) is 4.31 Å². The van der Waals surface area contributed by atoms with Crippen molar-refractivity contribution in [2.45, 2.75) is 37.1 Å². The zero-order chi connectivity index (χ0) is 16.3. The van der Waals surface area contributed by atoms with Gasteiger partial charge in [0.2, 0.25) is 10.0 Å². The second kappa shape index (κ2) is 8.10. The molecule has 0 aromatic heterocycles. The lowest BCUT2D eigenvalue weighted by molar-refractivity contribution is 0.0600. The van der Waals surface area contributed by atoms with Gasteiger partial charge in [-0.25, -0.2) is 13.2 Å². The van der Waals surface area contributed by atoms with Gasteiger partial charge in [-0.15, -0.1) is 12.4 Å². The molecule has 1 unspecified atom stereocenters. The summed E-state index contributed by atoms with van der Waals surface area (Å²) in [6.45, 7) is 2.50. The normalized spacial score (nSPS) is 19.0. The molecular weight excluding hydrogens is 340 g/mol. The van der Waals surface area contributed by atoms with Crippen LogP contribution in [0.1, 0.15) is 35.2 Å². The third-order valence-electron chi connectivity index (χ3n) is 4.05. The highest BCUT2D eigenvalue weighted by atomic mass is 35.5. The summed E-state index contributed by atoms with van der Waals surface area (Å²) in [5.41, 5.74) is 6.66. The number of rotatable bonds is 4. The Morgan fingerprint density at radius 3 is 2.65 bits per heavy atom. The van der Waals surface area contributed by atoms with Crippen molar-refractivity contribution in [1.82, 2.24) is 4.31 Å². The van der Waals surface area contributed by atoms with Gasteiger partial charge < -0.3 is 10.5 Å². The first kappa shape index (κ1) is 19.9. The number of aryl methyl sites for hydroxylation is 1. The predicted molar refractivity (Wildman–Crippen MR) is 90.4 cm³/mol. The third kappa shape index (κ3) is 4.03. The molecule has 0 saturated carbocycles. The van der Waals surface area contributed by atoms with E-state index in [-0.39, 0.29) is 23.3 Å². The fraction of sp³-hybridized carbons (Fsp3) is 0.533. The SMILES string of the molecule is COC(=O)c1ccc(S(=O)(=O)N2CCCCC2CN)cc1C.Cl. The van der Waals surface area contributed by atoms with E-state index < -0.39 is 16.0 Å². The van der Waals surface area contributed by atoms with E-state index in [0.29, 0.717) is 24.2 Å². The number of sulfonamides is 1. The van der Waals surface area contributed by atoms with Crippen LogP contribution in [0.25, 0.3) is 0 Å². The number of ether oxygens (including phenoxy) is 1. The van der Waals surface area contributed by atoms with E-state index in [2.05, 4.69) is 4.74 Å². The molecule has 0 bridgehead atoms. The Morgan fingerprint density at radius 2 is 2.09 bits per heavy atom. The first-order valence-electron chi connectivity index (χ1n) is 7.32. The summed E-state index contributed by atoms with van der Waals surface area (Å²) in [5.74, 6) is -0.473. The molecule has 6 nitrogen and oxygen atoms in total. The molecule has 0 spiro atoms. The van der Waals surface area contributed by atoms with Crippen LogP contribution in [0.5, 0.6) is 0 Å². The number of halogens is 1. The van der Waals surface area contributed by atoms with Gasteiger partial charge in [-0.3, -0.25) is 0 Å². The van der Waals surface area contributed by atoms with Gasteiger partial charge in [0.15, 0.2) is 0 Å². The molecule has 23 heavy (non-hydrogen) atoms. The zero-order valence-electron chi connectivity index (χ0n) is 13.3. The minimum absolute atomic E-state index is 0. The van der Waals surface area contributed by atoms with Crippen molar-refractivity contribution in [2.24, 2.45) is 5.73 Å². The number of methoxy groups -OCH3 is 1. The van der Waals surface area contributed by atoms with E-state index in [1.807, 2.05) is 0 Å². The average molecular weight is 363 g/mol. The molecule has 8 heteroatoms. The molecule has 1 fully saturated rings. The van der Waals surface area contributed by atoms with Crippen LogP contribution in [0.15, 0.2) is 23.1 Å². The van der Waals surface area contributed by atoms with E-state index in [1.54, 1.807) is 6.92 Å². The molecule has 2 rings (SSSR count). The Morgan fingerprint density at radius 1 is 1.39 bits per heavy atom. The number of hydrogen-bond donors (Lipinski definition) is 1. The molecule has 1 aromatic rings. The van der Waals surface area contributed by atoms with Crippen molar-refractivity contribution in [3.8, 4) is 0 Å². The summed E-state index contributed by atoms with van der Waals surface area (Å²) < 4.78 is 31.8. The smallest absolute Gasteiger partial charge is 0.338 e. The monoisotopic (exact) mass is 362 g/mol. The Balaban J connectivity index is 0.00000264. The van der Waals surface area contributed by atoms with Crippen LogP contribution >= 0.6 is 12.4 Å². The van der Waals surface area contributed by atoms with Crippen LogP contribution in [0, 0.1) is 6.92 Å². The van der Waals surface area contributed by atoms with Gasteiger partial charge in [0.05, 0.1) is 17.6 Å². The maximum Gasteiger partial charge on any atom is 0.338 e. The number of carbonyl (C=O) groups is 1. The number of nitrogens with two attached hydrogens (primary N) is 1. The lowest BCUT2D eigenvalue weighted by atomic mass is 10.1. The zero-order valence-corrected chi connectivity index (χ0v) is 15.0. The fourth-order valence-corrected chi connectivity index (χ4v) is 4.59. The molecule has 1 aliphatic heterocycles. The summed E-state index contributed by atoms with van der Waals surface area (Å²) in [6, 6.07) is 4.31. The largest absolute Gasteiger partial charge is 0.465 e. The lowest BCUT2D eigenvalue weighted by Gasteiger charge is -2.34. The Bertz CT molecular complexity index is 663. The van der Waals surface area contributed by atoms with Crippen molar-refractivity contribution in [2.75, 3.05) is 20.2 Å². The minimum Gasteiger partial charge on any atom is -0.465 e. The predicted octanol–water partition coefficient (Wildman–Crippen LogP) is 1.71. The first-order chi connectivity index (χ1) is 10.4. The first-order valence-corrected chi connectivity index (χ1v) is 8.76. The number of hydrogen-bond acceptors (Lipinski definition) is 5. The highest BCUT2D eigenvalue weighted by Crippen LogP contribution is 2.26. The number of benzene rings is 1. The minimum atomic E-state index is -3.59. The van der Waals surface area contributed by atoms with Crippen molar-refractivity contribution < 1.29 is 17.9 Å². The van der Waals surface area contributed by atoms with Crippen LogP contribution in [0.2, 0.25) is 0 Å². The van der Waals surface area contributed by atoms with Crippen molar-refractivity contribution in [3.63, 3.8) is 0 Å². The maximum atomic E-state index is 12.8. The Labute approximate surface area is 143 Å². The molecule has 0 radical (unpaired) electrons. The summed E-state index contributed by atoms with van der Waals surface area (Å²) in [7, 11) is -2.30. The van der Waals surface area contributed by atoms with Crippen molar-refractivity contribution in [3.05, 3.63) is 29.3 Å². The lowest BCUT2D eigenvalue weighted by Crippen LogP contribution is -2.47. The number of esters is 1. The molecule has 1 heterocycles. The van der Waals surface area contributed by atoms with E-state index in [1.165, 1.54) is 29.6 Å². The summed E-state index contributed by atoms with van der Waals surface area (Å²) >= 11 is 0. The summed E-state index contributed by atoms with van der Waals surface area (Å²) in [5, 5.41) is 0. The molecule has 1 atom stereocenters. The fourth-order valence-electron chi connectivity index (χ4n) is 2.80. The van der Waals surface area contributed by atoms with Crippen LogP contribution in [0.4, 0.5) is 0 Å². The highest BCUT2D eigenvalue weighted by Gasteiger charge is 2.33. The van der Waals surface area contributed by atoms with Gasteiger partial charge in [-0.05, 0) is 43.5 Å². The molecular formula is C15H23ClN2O4S. The highest BCUT2D eigenvalue weighted by molar-refractivity contribution is 7.89.